The number of rotatable bonds is 3. The molecule has 180 valence electrons. The Hall–Kier alpha value is -3.49. The number of urea groups is 1. The van der Waals surface area contributed by atoms with Crippen LogP contribution in [0.15, 0.2) is 42.5 Å². The van der Waals surface area contributed by atoms with Gasteiger partial charge >= 0.3 is 12.2 Å². The Kier molecular flexibility index (Phi) is 6.29. The maximum absolute atomic E-state index is 13.1. The zero-order chi connectivity index (χ0) is 24.6. The van der Waals surface area contributed by atoms with Crippen LogP contribution in [0.1, 0.15) is 43.4 Å². The second-order valence-corrected chi connectivity index (χ2v) is 8.73. The molecule has 34 heavy (non-hydrogen) atoms. The van der Waals surface area contributed by atoms with E-state index >= 15 is 0 Å². The first kappa shape index (κ1) is 23.7. The number of hydrogen-bond donors (Lipinski definition) is 1. The van der Waals surface area contributed by atoms with Gasteiger partial charge in [0.05, 0.1) is 17.9 Å². The quantitative estimate of drug-likeness (QED) is 0.584. The predicted octanol–water partition coefficient (Wildman–Crippen LogP) is 5.68. The molecule has 1 N–H and O–H groups in total. The zero-order valence-electron chi connectivity index (χ0n) is 19.2. The third kappa shape index (κ3) is 4.73. The van der Waals surface area contributed by atoms with Crippen LogP contribution >= 0.6 is 0 Å². The highest BCUT2D eigenvalue weighted by atomic mass is 19.4. The summed E-state index contributed by atoms with van der Waals surface area (Å²) in [6, 6.07) is 8.68. The highest BCUT2D eigenvalue weighted by Crippen LogP contribution is 2.38. The molecule has 0 atom stereocenters. The van der Waals surface area contributed by atoms with Gasteiger partial charge < -0.3 is 15.0 Å². The normalized spacial score (nSPS) is 17.3. The molecule has 0 unspecified atom stereocenters. The lowest BCUT2D eigenvalue weighted by atomic mass is 9.99. The monoisotopic (exact) mass is 473 g/mol. The lowest BCUT2D eigenvalue weighted by molar-refractivity contribution is -0.137. The number of nitrogens with zero attached hydrogens (tertiary/aromatic N) is 2. The first-order valence-electron chi connectivity index (χ1n) is 11.1. The molecular formula is C25H26F3N3O3. The Labute approximate surface area is 196 Å². The number of fused-ring (bicyclic) bond motifs is 2. The highest BCUT2D eigenvalue weighted by Gasteiger charge is 2.32. The summed E-state index contributed by atoms with van der Waals surface area (Å²) in [5, 5.41) is 2.81. The molecule has 2 aromatic carbocycles. The maximum Gasteiger partial charge on any atom is 0.416 e. The van der Waals surface area contributed by atoms with Crippen LogP contribution in [0.4, 0.5) is 29.3 Å². The Balaban J connectivity index is 1.57. The van der Waals surface area contributed by atoms with Crippen LogP contribution in [0.2, 0.25) is 0 Å². The largest absolute Gasteiger partial charge is 0.493 e. The number of nitrogens with one attached hydrogen (secondary N) is 1. The van der Waals surface area contributed by atoms with Gasteiger partial charge in [-0.15, -0.1) is 0 Å². The molecule has 0 spiro atoms. The van der Waals surface area contributed by atoms with Gasteiger partial charge in [-0.25, -0.2) is 4.79 Å². The van der Waals surface area contributed by atoms with Crippen LogP contribution < -0.4 is 15.0 Å². The Morgan fingerprint density at radius 2 is 1.94 bits per heavy atom. The molecule has 2 aromatic rings. The minimum absolute atomic E-state index is 0.0627. The summed E-state index contributed by atoms with van der Waals surface area (Å²) in [6.45, 7) is 4.68. The lowest BCUT2D eigenvalue weighted by Gasteiger charge is -2.37. The topological polar surface area (TPSA) is 61.9 Å². The number of allylic oxidation sites excluding steroid dienone is 1. The Morgan fingerprint density at radius 3 is 2.65 bits per heavy atom. The van der Waals surface area contributed by atoms with E-state index in [1.54, 1.807) is 29.0 Å². The van der Waals surface area contributed by atoms with Crippen LogP contribution in [0.5, 0.6) is 5.75 Å². The van der Waals surface area contributed by atoms with E-state index in [1.807, 2.05) is 19.9 Å². The van der Waals surface area contributed by atoms with Gasteiger partial charge in [0.1, 0.15) is 5.75 Å². The van der Waals surface area contributed by atoms with Crippen molar-refractivity contribution in [3.63, 3.8) is 0 Å². The van der Waals surface area contributed by atoms with E-state index in [0.717, 1.165) is 23.4 Å². The molecule has 2 aliphatic heterocycles. The summed E-state index contributed by atoms with van der Waals surface area (Å²) in [5.41, 5.74) is 2.51. The van der Waals surface area contributed by atoms with Crippen molar-refractivity contribution in [2.45, 2.75) is 45.5 Å². The number of halogens is 3. The molecule has 6 nitrogen and oxygen atoms in total. The van der Waals surface area contributed by atoms with Crippen LogP contribution in [0, 0.1) is 0 Å². The molecule has 9 heteroatoms. The first-order valence-corrected chi connectivity index (χ1v) is 11.1. The van der Waals surface area contributed by atoms with Crippen molar-refractivity contribution in [2.75, 3.05) is 23.9 Å². The van der Waals surface area contributed by atoms with E-state index in [1.165, 1.54) is 12.1 Å². The summed E-state index contributed by atoms with van der Waals surface area (Å²) >= 11 is 0. The van der Waals surface area contributed by atoms with Crippen LogP contribution in [0.3, 0.4) is 0 Å². The maximum atomic E-state index is 13.1. The van der Waals surface area contributed by atoms with E-state index in [4.69, 9.17) is 4.74 Å². The Bertz CT molecular complexity index is 1160. The molecule has 2 aliphatic rings. The van der Waals surface area contributed by atoms with Crippen molar-refractivity contribution >= 4 is 28.9 Å². The molecule has 0 bridgehead atoms. The van der Waals surface area contributed by atoms with Crippen molar-refractivity contribution in [1.82, 2.24) is 4.90 Å². The molecule has 2 heterocycles. The van der Waals surface area contributed by atoms with Gasteiger partial charge in [0.15, 0.2) is 0 Å². The first-order chi connectivity index (χ1) is 16.0. The third-order valence-electron chi connectivity index (χ3n) is 6.02. The van der Waals surface area contributed by atoms with Gasteiger partial charge in [0.2, 0.25) is 5.91 Å². The number of carbonyl (C=O) groups excluding carboxylic acids is 2. The van der Waals surface area contributed by atoms with Crippen molar-refractivity contribution in [3.8, 4) is 5.75 Å². The SMILES string of the molecule is CC(C)N1Cc2ccc(NC(=O)/C=C3\CCCOc4cc(C(F)(F)F)ccc43)cc2N(C)C1=O. The lowest BCUT2D eigenvalue weighted by Crippen LogP contribution is -2.48. The van der Waals surface area contributed by atoms with E-state index in [-0.39, 0.29) is 24.4 Å². The van der Waals surface area contributed by atoms with Gasteiger partial charge in [0.25, 0.3) is 0 Å². The number of alkyl halides is 3. The van der Waals surface area contributed by atoms with E-state index in [9.17, 15) is 22.8 Å². The summed E-state index contributed by atoms with van der Waals surface area (Å²) < 4.78 is 44.8. The van der Waals surface area contributed by atoms with Gasteiger partial charge in [-0.05, 0) is 62.1 Å². The molecule has 0 fully saturated rings. The highest BCUT2D eigenvalue weighted by molar-refractivity contribution is 6.05. The molecule has 0 aromatic heterocycles. The minimum atomic E-state index is -4.47. The summed E-state index contributed by atoms with van der Waals surface area (Å²) in [7, 11) is 1.70. The number of ether oxygens (including phenoxy) is 1. The summed E-state index contributed by atoms with van der Waals surface area (Å²) in [5.74, 6) is -0.286. The number of benzene rings is 2. The van der Waals surface area contributed by atoms with Crippen LogP contribution in [0.25, 0.3) is 5.57 Å². The van der Waals surface area contributed by atoms with Crippen LogP contribution in [-0.4, -0.2) is 36.5 Å². The summed E-state index contributed by atoms with van der Waals surface area (Å²) in [6.07, 6.45) is -2.00. The molecule has 0 saturated heterocycles. The second-order valence-electron chi connectivity index (χ2n) is 8.73. The fourth-order valence-electron chi connectivity index (χ4n) is 4.19. The van der Waals surface area contributed by atoms with Crippen molar-refractivity contribution in [2.24, 2.45) is 0 Å². The Morgan fingerprint density at radius 1 is 1.18 bits per heavy atom. The molecule has 0 radical (unpaired) electrons. The van der Waals surface area contributed by atoms with Crippen molar-refractivity contribution < 1.29 is 27.5 Å². The molecule has 4 rings (SSSR count). The fraction of sp³-hybridized carbons (Fsp3) is 0.360. The average Bonchev–Trinajstić information content (AvgIpc) is 2.97. The van der Waals surface area contributed by atoms with E-state index < -0.39 is 17.6 Å². The number of hydrogen-bond acceptors (Lipinski definition) is 3. The third-order valence-corrected chi connectivity index (χ3v) is 6.02. The van der Waals surface area contributed by atoms with Gasteiger partial charge in [-0.1, -0.05) is 12.1 Å². The zero-order valence-corrected chi connectivity index (χ0v) is 19.2. The van der Waals surface area contributed by atoms with Gasteiger partial charge in [-0.3, -0.25) is 9.69 Å². The molecule has 3 amide bonds. The summed E-state index contributed by atoms with van der Waals surface area (Å²) in [4.78, 5) is 28.7. The van der Waals surface area contributed by atoms with Crippen molar-refractivity contribution in [3.05, 3.63) is 59.2 Å². The smallest absolute Gasteiger partial charge is 0.416 e. The number of amides is 3. The molecule has 0 aliphatic carbocycles. The number of anilines is 2. The molecule has 0 saturated carbocycles. The van der Waals surface area contributed by atoms with E-state index in [0.29, 0.717) is 36.2 Å². The fourth-order valence-corrected chi connectivity index (χ4v) is 4.19. The predicted molar refractivity (Wildman–Crippen MR) is 124 cm³/mol. The van der Waals surface area contributed by atoms with E-state index in [2.05, 4.69) is 5.32 Å². The van der Waals surface area contributed by atoms with Crippen molar-refractivity contribution in [1.29, 1.82) is 0 Å². The minimum Gasteiger partial charge on any atom is -0.493 e. The second kappa shape index (κ2) is 9.04. The standard InChI is InChI=1S/C25H26F3N3O3/c1-15(2)31-14-17-6-8-19(13-21(17)30(3)24(31)33)29-23(32)11-16-5-4-10-34-22-12-18(25(26,27)28)7-9-20(16)22/h6-9,11-13,15H,4-5,10,14H2,1-3H3,(H,29,32)/b16-11+. The molecular weight excluding hydrogens is 447 g/mol. The van der Waals surface area contributed by atoms with Gasteiger partial charge in [0, 0.05) is 37.0 Å². The van der Waals surface area contributed by atoms with Crippen LogP contribution in [-0.2, 0) is 17.5 Å². The average molecular weight is 473 g/mol. The van der Waals surface area contributed by atoms with Gasteiger partial charge in [-0.2, -0.15) is 13.2 Å². The number of carbonyl (C=O) groups is 2.